The molecule has 138 valence electrons. The van der Waals surface area contributed by atoms with E-state index in [9.17, 15) is 24.3 Å². The highest BCUT2D eigenvalue weighted by molar-refractivity contribution is 7.99. The number of rotatable bonds is 12. The maximum absolute atomic E-state index is 12.2. The molecule has 10 nitrogen and oxygen atoms in total. The Morgan fingerprint density at radius 3 is 2.54 bits per heavy atom. The predicted molar refractivity (Wildman–Crippen MR) is 86.4 cm³/mol. The van der Waals surface area contributed by atoms with E-state index in [1.165, 1.54) is 0 Å². The van der Waals surface area contributed by atoms with Crippen LogP contribution in [-0.2, 0) is 19.2 Å². The second-order valence-electron chi connectivity index (χ2n) is 4.47. The van der Waals surface area contributed by atoms with Crippen LogP contribution in [0.2, 0.25) is 0 Å². The molecular weight excluding hydrogens is 342 g/mol. The summed E-state index contributed by atoms with van der Waals surface area (Å²) in [6.45, 7) is -7.70. The second kappa shape index (κ2) is 11.6. The van der Waals surface area contributed by atoms with Crippen molar-refractivity contribution in [1.82, 2.24) is 10.6 Å². The zero-order chi connectivity index (χ0) is 23.9. The Morgan fingerprint density at radius 2 is 2.04 bits per heavy atom. The van der Waals surface area contributed by atoms with E-state index in [4.69, 9.17) is 24.2 Å². The van der Waals surface area contributed by atoms with Gasteiger partial charge < -0.3 is 31.7 Å². The summed E-state index contributed by atoms with van der Waals surface area (Å²) >= 11 is 0.0171. The highest BCUT2D eigenvalue weighted by Crippen LogP contribution is 2.11. The van der Waals surface area contributed by atoms with Gasteiger partial charge in [-0.2, -0.15) is 11.8 Å². The monoisotopic (exact) mass is 371 g/mol. The predicted octanol–water partition coefficient (Wildman–Crippen LogP) is -2.02. The van der Waals surface area contributed by atoms with Crippen molar-refractivity contribution in [1.29, 1.82) is 0 Å². The molecule has 0 aromatic carbocycles. The largest absolute Gasteiger partial charge is 0.480 e. The Hall–Kier alpha value is -1.85. The number of aliphatic carboxylic acids is 2. The van der Waals surface area contributed by atoms with E-state index in [1.807, 2.05) is 5.32 Å². The minimum atomic E-state index is -3.52. The van der Waals surface area contributed by atoms with Gasteiger partial charge in [0.05, 0.1) is 9.30 Å². The van der Waals surface area contributed by atoms with Crippen molar-refractivity contribution in [3.63, 3.8) is 0 Å². The SMILES string of the molecule is [2H]C([2H])([2H])C([2H])(SC[C@H](NC(=O)CC[C@H](N)C(=O)O)C(=O)NCC(=O)O)C([2H])([2H])O. The van der Waals surface area contributed by atoms with Crippen LogP contribution in [0.3, 0.4) is 0 Å². The third-order valence-electron chi connectivity index (χ3n) is 2.56. The van der Waals surface area contributed by atoms with Crippen molar-refractivity contribution in [3.05, 3.63) is 0 Å². The van der Waals surface area contributed by atoms with E-state index >= 15 is 0 Å². The number of carbonyl (C=O) groups is 4. The maximum Gasteiger partial charge on any atom is 0.322 e. The van der Waals surface area contributed by atoms with Gasteiger partial charge >= 0.3 is 11.9 Å². The first kappa shape index (κ1) is 13.4. The molecule has 2 amide bonds. The van der Waals surface area contributed by atoms with E-state index in [1.54, 1.807) is 0 Å². The first-order valence-electron chi connectivity index (χ1n) is 9.56. The summed E-state index contributed by atoms with van der Waals surface area (Å²) in [5, 5.41) is 27.8. The molecule has 0 spiro atoms. The normalized spacial score (nSPS) is 20.4. The van der Waals surface area contributed by atoms with Crippen LogP contribution < -0.4 is 16.4 Å². The van der Waals surface area contributed by atoms with E-state index in [-0.39, 0.29) is 18.2 Å². The van der Waals surface area contributed by atoms with Crippen LogP contribution in [-0.4, -0.2) is 75.2 Å². The second-order valence-corrected chi connectivity index (χ2v) is 5.50. The Morgan fingerprint density at radius 1 is 1.38 bits per heavy atom. The van der Waals surface area contributed by atoms with E-state index in [0.717, 1.165) is 0 Å². The summed E-state index contributed by atoms with van der Waals surface area (Å²) in [6.07, 6.45) is -0.735. The van der Waals surface area contributed by atoms with Crippen LogP contribution in [0.25, 0.3) is 0 Å². The molecule has 24 heavy (non-hydrogen) atoms. The Kier molecular flexibility index (Phi) is 6.52. The highest BCUT2D eigenvalue weighted by atomic mass is 32.2. The van der Waals surface area contributed by atoms with Crippen molar-refractivity contribution >= 4 is 35.5 Å². The maximum atomic E-state index is 12.2. The van der Waals surface area contributed by atoms with Crippen molar-refractivity contribution in [2.75, 3.05) is 18.9 Å². The molecule has 0 radical (unpaired) electrons. The average Bonchev–Trinajstić information content (AvgIpc) is 2.58. The lowest BCUT2D eigenvalue weighted by Crippen LogP contribution is -2.49. The number of carboxylic acids is 2. The first-order valence-corrected chi connectivity index (χ1v) is 7.54. The lowest BCUT2D eigenvalue weighted by molar-refractivity contribution is -0.139. The first-order chi connectivity index (χ1) is 13.4. The van der Waals surface area contributed by atoms with E-state index < -0.39 is 73.2 Å². The van der Waals surface area contributed by atoms with Gasteiger partial charge in [0.2, 0.25) is 11.8 Å². The third kappa shape index (κ3) is 10.0. The third-order valence-corrected chi connectivity index (χ3v) is 3.44. The number of amides is 2. The summed E-state index contributed by atoms with van der Waals surface area (Å²) in [6, 6.07) is -2.97. The average molecular weight is 371 g/mol. The van der Waals surface area contributed by atoms with Gasteiger partial charge in [-0.05, 0) is 6.42 Å². The number of hydrogen-bond donors (Lipinski definition) is 6. The van der Waals surface area contributed by atoms with Crippen LogP contribution >= 0.6 is 11.8 Å². The molecule has 1 unspecified atom stereocenters. The molecule has 0 saturated carbocycles. The van der Waals surface area contributed by atoms with Gasteiger partial charge in [-0.1, -0.05) is 6.85 Å². The molecular formula is C13H23N3O7S. The van der Waals surface area contributed by atoms with E-state index in [0.29, 0.717) is 0 Å². The molecule has 0 aromatic heterocycles. The van der Waals surface area contributed by atoms with Crippen molar-refractivity contribution < 1.29 is 42.7 Å². The van der Waals surface area contributed by atoms with E-state index in [2.05, 4.69) is 5.32 Å². The van der Waals surface area contributed by atoms with Gasteiger partial charge in [-0.3, -0.25) is 19.2 Å². The smallest absolute Gasteiger partial charge is 0.322 e. The molecule has 0 aliphatic carbocycles. The Balaban J connectivity index is 5.39. The van der Waals surface area contributed by atoms with Crippen molar-refractivity contribution in [2.24, 2.45) is 5.73 Å². The number of thioether (sulfide) groups is 1. The minimum absolute atomic E-state index is 0.0171. The summed E-state index contributed by atoms with van der Waals surface area (Å²) in [5.74, 6) is -5.45. The molecule has 0 rings (SSSR count). The standard InChI is InChI=1S/C13H23N3O7S/c1-7(5-17)24-6-9(12(21)15-4-11(19)20)16-10(18)3-2-8(14)13(22)23/h7-9,17H,2-6,14H2,1H3,(H,15,21)(H,16,18)(H,19,20)(H,22,23)/t7?,8-,9-/m0/s1/i1D3,5D2,7D. The molecule has 3 atom stereocenters. The number of carbonyl (C=O) groups excluding carboxylic acids is 2. The topological polar surface area (TPSA) is 179 Å². The molecule has 0 aliphatic heterocycles. The van der Waals surface area contributed by atoms with Gasteiger partial charge in [-0.15, -0.1) is 0 Å². The van der Waals surface area contributed by atoms with Gasteiger partial charge in [0.1, 0.15) is 18.6 Å². The number of hydrogen-bond acceptors (Lipinski definition) is 7. The lowest BCUT2D eigenvalue weighted by Gasteiger charge is -2.19. The zero-order valence-electron chi connectivity index (χ0n) is 18.4. The van der Waals surface area contributed by atoms with Gasteiger partial charge in [-0.25, -0.2) is 0 Å². The fourth-order valence-corrected chi connectivity index (χ4v) is 1.98. The van der Waals surface area contributed by atoms with Gasteiger partial charge in [0.15, 0.2) is 0 Å². The zero-order valence-corrected chi connectivity index (χ0v) is 13.3. The summed E-state index contributed by atoms with van der Waals surface area (Å²) in [7, 11) is 0. The fourth-order valence-electron chi connectivity index (χ4n) is 1.34. The van der Waals surface area contributed by atoms with Crippen LogP contribution in [0.1, 0.15) is 27.9 Å². The molecule has 0 aromatic rings. The number of carboxylic acid groups (broad SMARTS) is 2. The number of aliphatic hydroxyl groups is 1. The van der Waals surface area contributed by atoms with Gasteiger partial charge in [0, 0.05) is 22.9 Å². The molecule has 0 aliphatic rings. The minimum Gasteiger partial charge on any atom is -0.480 e. The summed E-state index contributed by atoms with van der Waals surface area (Å²) in [4.78, 5) is 45.4. The molecule has 11 heteroatoms. The fraction of sp³-hybridized carbons (Fsp3) is 0.692. The molecule has 7 N–H and O–H groups in total. The van der Waals surface area contributed by atoms with Crippen molar-refractivity contribution in [2.45, 2.75) is 37.0 Å². The Labute approximate surface area is 151 Å². The quantitative estimate of drug-likeness (QED) is 0.226. The van der Waals surface area contributed by atoms with Crippen LogP contribution in [0, 0.1) is 0 Å². The lowest BCUT2D eigenvalue weighted by atomic mass is 10.1. The van der Waals surface area contributed by atoms with Crippen LogP contribution in [0.15, 0.2) is 0 Å². The van der Waals surface area contributed by atoms with Crippen LogP contribution in [0.5, 0.6) is 0 Å². The Bertz CT molecular complexity index is 644. The summed E-state index contributed by atoms with van der Waals surface area (Å²) in [5.41, 5.74) is 5.26. The molecule has 0 saturated heterocycles. The molecule has 0 bridgehead atoms. The summed E-state index contributed by atoms with van der Waals surface area (Å²) < 4.78 is 44.3. The number of nitrogens with one attached hydrogen (secondary N) is 2. The van der Waals surface area contributed by atoms with Crippen molar-refractivity contribution in [3.8, 4) is 0 Å². The molecule has 0 heterocycles. The molecule has 0 fully saturated rings. The van der Waals surface area contributed by atoms with Gasteiger partial charge in [0.25, 0.3) is 0 Å². The number of nitrogens with two attached hydrogens (primary N) is 1. The van der Waals surface area contributed by atoms with Crippen LogP contribution in [0.4, 0.5) is 0 Å². The highest BCUT2D eigenvalue weighted by Gasteiger charge is 2.23.